The molecule has 0 saturated carbocycles. The van der Waals surface area contributed by atoms with E-state index in [9.17, 15) is 0 Å². The normalized spacial score (nSPS) is 22.8. The van der Waals surface area contributed by atoms with Gasteiger partial charge in [-0.2, -0.15) is 5.10 Å². The van der Waals surface area contributed by atoms with Gasteiger partial charge in [0, 0.05) is 49.6 Å². The van der Waals surface area contributed by atoms with E-state index < -0.39 is 0 Å². The average Bonchev–Trinajstić information content (AvgIpc) is 3.10. The standard InChI is InChI=1S/C18H24N4OS/c1-14-6-16(21(2)20-14)9-22-12-18(13-22)7-17(11-24-18)23-10-15-4-3-5-19-8-15/h3-6,8,17H,7,9-13H2,1-2H3/t17-/m0/s1. The number of aryl methyl sites for hydroxylation is 2. The molecule has 0 aromatic carbocycles. The van der Waals surface area contributed by atoms with Gasteiger partial charge in [0.15, 0.2) is 0 Å². The van der Waals surface area contributed by atoms with E-state index in [4.69, 9.17) is 4.74 Å². The molecule has 0 bridgehead atoms. The van der Waals surface area contributed by atoms with Gasteiger partial charge in [0.25, 0.3) is 0 Å². The van der Waals surface area contributed by atoms with Crippen LogP contribution in [0.4, 0.5) is 0 Å². The van der Waals surface area contributed by atoms with Gasteiger partial charge < -0.3 is 4.74 Å². The van der Waals surface area contributed by atoms with Gasteiger partial charge in [-0.3, -0.25) is 14.6 Å². The number of pyridine rings is 1. The summed E-state index contributed by atoms with van der Waals surface area (Å²) in [6.45, 7) is 6.05. The van der Waals surface area contributed by atoms with Crippen molar-refractivity contribution >= 4 is 11.8 Å². The lowest BCUT2D eigenvalue weighted by Crippen LogP contribution is -2.58. The number of hydrogen-bond donors (Lipinski definition) is 0. The number of hydrogen-bond acceptors (Lipinski definition) is 5. The van der Waals surface area contributed by atoms with Crippen LogP contribution in [0.15, 0.2) is 30.6 Å². The first-order chi connectivity index (χ1) is 11.6. The second-order valence-electron chi connectivity index (χ2n) is 7.04. The molecular weight excluding hydrogens is 320 g/mol. The lowest BCUT2D eigenvalue weighted by atomic mass is 9.93. The molecule has 4 heterocycles. The number of thioether (sulfide) groups is 1. The number of likely N-dealkylation sites (tertiary alicyclic amines) is 1. The molecule has 6 heteroatoms. The third kappa shape index (κ3) is 3.36. The molecule has 2 saturated heterocycles. The molecule has 0 radical (unpaired) electrons. The molecule has 0 N–H and O–H groups in total. The van der Waals surface area contributed by atoms with Crippen molar-refractivity contribution in [1.82, 2.24) is 19.7 Å². The minimum atomic E-state index is 0.372. The first-order valence-electron chi connectivity index (χ1n) is 8.48. The van der Waals surface area contributed by atoms with Gasteiger partial charge >= 0.3 is 0 Å². The van der Waals surface area contributed by atoms with Gasteiger partial charge in [-0.15, -0.1) is 11.8 Å². The van der Waals surface area contributed by atoms with Crippen LogP contribution in [0.2, 0.25) is 0 Å². The van der Waals surface area contributed by atoms with E-state index in [-0.39, 0.29) is 0 Å². The highest BCUT2D eigenvalue weighted by Gasteiger charge is 2.49. The predicted octanol–water partition coefficient (Wildman–Crippen LogP) is 2.40. The zero-order valence-corrected chi connectivity index (χ0v) is 15.1. The SMILES string of the molecule is Cc1cc(CN2CC3(C[C@H](OCc4cccnc4)CS3)C2)n(C)n1. The van der Waals surface area contributed by atoms with Gasteiger partial charge in [-0.25, -0.2) is 0 Å². The Morgan fingerprint density at radius 1 is 1.42 bits per heavy atom. The zero-order valence-electron chi connectivity index (χ0n) is 14.3. The van der Waals surface area contributed by atoms with E-state index in [1.165, 1.54) is 12.1 Å². The van der Waals surface area contributed by atoms with Crippen LogP contribution in [0.5, 0.6) is 0 Å². The summed E-state index contributed by atoms with van der Waals surface area (Å²) in [7, 11) is 2.03. The molecule has 128 valence electrons. The fourth-order valence-corrected chi connectivity index (χ4v) is 5.35. The fourth-order valence-electron chi connectivity index (χ4n) is 3.75. The Labute approximate surface area is 147 Å². The van der Waals surface area contributed by atoms with Crippen LogP contribution in [0.1, 0.15) is 23.4 Å². The third-order valence-electron chi connectivity index (χ3n) is 4.89. The molecule has 2 aliphatic rings. The van der Waals surface area contributed by atoms with Crippen molar-refractivity contribution in [2.75, 3.05) is 18.8 Å². The fraction of sp³-hybridized carbons (Fsp3) is 0.556. The highest BCUT2D eigenvalue weighted by Crippen LogP contribution is 2.46. The van der Waals surface area contributed by atoms with Crippen molar-refractivity contribution in [2.45, 2.75) is 37.3 Å². The van der Waals surface area contributed by atoms with Crippen molar-refractivity contribution in [2.24, 2.45) is 7.05 Å². The van der Waals surface area contributed by atoms with Crippen LogP contribution in [-0.4, -0.2) is 49.4 Å². The topological polar surface area (TPSA) is 43.2 Å². The third-order valence-corrected chi connectivity index (χ3v) is 6.47. The largest absolute Gasteiger partial charge is 0.373 e. The zero-order chi connectivity index (χ0) is 16.6. The molecule has 5 nitrogen and oxygen atoms in total. The summed E-state index contributed by atoms with van der Waals surface area (Å²) in [5.41, 5.74) is 3.56. The summed E-state index contributed by atoms with van der Waals surface area (Å²) in [5, 5.41) is 4.44. The first kappa shape index (κ1) is 16.1. The minimum absolute atomic E-state index is 0.372. The quantitative estimate of drug-likeness (QED) is 0.833. The molecule has 0 aliphatic carbocycles. The van der Waals surface area contributed by atoms with Crippen LogP contribution >= 0.6 is 11.8 Å². The van der Waals surface area contributed by atoms with Crippen LogP contribution in [-0.2, 0) is 24.9 Å². The summed E-state index contributed by atoms with van der Waals surface area (Å²) in [6.07, 6.45) is 5.23. The molecule has 2 aromatic rings. The minimum Gasteiger partial charge on any atom is -0.373 e. The Hall–Kier alpha value is -1.37. The van der Waals surface area contributed by atoms with Crippen LogP contribution in [0, 0.1) is 6.92 Å². The maximum absolute atomic E-state index is 6.10. The Morgan fingerprint density at radius 2 is 2.29 bits per heavy atom. The van der Waals surface area contributed by atoms with Crippen LogP contribution in [0.3, 0.4) is 0 Å². The van der Waals surface area contributed by atoms with Crippen molar-refractivity contribution in [1.29, 1.82) is 0 Å². The van der Waals surface area contributed by atoms with E-state index in [0.29, 0.717) is 17.5 Å². The van der Waals surface area contributed by atoms with Crippen molar-refractivity contribution in [3.63, 3.8) is 0 Å². The van der Waals surface area contributed by atoms with Gasteiger partial charge in [0.05, 0.1) is 24.1 Å². The molecule has 2 fully saturated rings. The number of ether oxygens (including phenoxy) is 1. The lowest BCUT2D eigenvalue weighted by Gasteiger charge is -2.47. The molecule has 24 heavy (non-hydrogen) atoms. The maximum Gasteiger partial charge on any atom is 0.0736 e. The summed E-state index contributed by atoms with van der Waals surface area (Å²) in [6, 6.07) is 6.23. The summed E-state index contributed by atoms with van der Waals surface area (Å²) in [4.78, 5) is 6.67. The second-order valence-corrected chi connectivity index (χ2v) is 8.53. The summed E-state index contributed by atoms with van der Waals surface area (Å²) in [5.74, 6) is 1.11. The second kappa shape index (κ2) is 6.50. The van der Waals surface area contributed by atoms with Gasteiger partial charge in [-0.05, 0) is 31.0 Å². The van der Waals surface area contributed by atoms with E-state index in [1.807, 2.05) is 24.0 Å². The van der Waals surface area contributed by atoms with E-state index in [0.717, 1.165) is 36.6 Å². The van der Waals surface area contributed by atoms with Gasteiger partial charge in [-0.1, -0.05) is 6.07 Å². The molecule has 1 spiro atoms. The van der Waals surface area contributed by atoms with E-state index in [2.05, 4.69) is 45.8 Å². The first-order valence-corrected chi connectivity index (χ1v) is 9.47. The highest BCUT2D eigenvalue weighted by atomic mass is 32.2. The summed E-state index contributed by atoms with van der Waals surface area (Å²) >= 11 is 2.09. The highest BCUT2D eigenvalue weighted by molar-refractivity contribution is 8.01. The molecule has 0 amide bonds. The van der Waals surface area contributed by atoms with Gasteiger partial charge in [0.1, 0.15) is 0 Å². The molecular formula is C18H24N4OS. The monoisotopic (exact) mass is 344 g/mol. The molecule has 2 aromatic heterocycles. The van der Waals surface area contributed by atoms with E-state index in [1.54, 1.807) is 6.20 Å². The molecule has 1 atom stereocenters. The predicted molar refractivity (Wildman–Crippen MR) is 95.8 cm³/mol. The smallest absolute Gasteiger partial charge is 0.0736 e. The van der Waals surface area contributed by atoms with Gasteiger partial charge in [0.2, 0.25) is 0 Å². The van der Waals surface area contributed by atoms with E-state index >= 15 is 0 Å². The Kier molecular flexibility index (Phi) is 4.37. The van der Waals surface area contributed by atoms with Crippen molar-refractivity contribution in [3.05, 3.63) is 47.5 Å². The number of aromatic nitrogens is 3. The number of rotatable bonds is 5. The summed E-state index contributed by atoms with van der Waals surface area (Å²) < 4.78 is 8.51. The molecule has 0 unspecified atom stereocenters. The lowest BCUT2D eigenvalue weighted by molar-refractivity contribution is 0.0258. The van der Waals surface area contributed by atoms with Crippen LogP contribution < -0.4 is 0 Å². The average molecular weight is 344 g/mol. The number of nitrogens with zero attached hydrogens (tertiary/aromatic N) is 4. The molecule has 2 aliphatic heterocycles. The maximum atomic E-state index is 6.10. The van der Waals surface area contributed by atoms with Crippen molar-refractivity contribution in [3.8, 4) is 0 Å². The Morgan fingerprint density at radius 3 is 3.00 bits per heavy atom. The Balaban J connectivity index is 1.25. The van der Waals surface area contributed by atoms with Crippen LogP contribution in [0.25, 0.3) is 0 Å². The van der Waals surface area contributed by atoms with Crippen molar-refractivity contribution < 1.29 is 4.74 Å². The molecule has 4 rings (SSSR count). The Bertz CT molecular complexity index is 696.